The first-order valence-electron chi connectivity index (χ1n) is 8.32. The molecular weight excluding hydrogens is 328 g/mol. The second-order valence-corrected chi connectivity index (χ2v) is 5.58. The second-order valence-electron chi connectivity index (χ2n) is 5.58. The maximum absolute atomic E-state index is 12.3. The number of hydrogen-bond acceptors (Lipinski definition) is 4. The van der Waals surface area contributed by atoms with Gasteiger partial charge in [0.2, 0.25) is 0 Å². The van der Waals surface area contributed by atoms with E-state index in [0.717, 1.165) is 11.1 Å². The fraction of sp³-hybridized carbons (Fsp3) is 0.0909. The number of esters is 2. The molecule has 0 saturated carbocycles. The Balaban J connectivity index is 1.72. The summed E-state index contributed by atoms with van der Waals surface area (Å²) in [6.07, 6.45) is 0. The highest BCUT2D eigenvalue weighted by atomic mass is 16.5. The summed E-state index contributed by atoms with van der Waals surface area (Å²) < 4.78 is 10.3. The molecule has 0 saturated heterocycles. The standard InChI is InChI=1S/C22H18O4/c1-2-25-21(23)19-9-6-10-20(15-19)26-22(24)18-13-11-17(12-14-18)16-7-4-3-5-8-16/h3-15H,2H2,1H3. The van der Waals surface area contributed by atoms with Gasteiger partial charge in [-0.25, -0.2) is 9.59 Å². The fourth-order valence-electron chi connectivity index (χ4n) is 2.50. The Morgan fingerprint density at radius 2 is 1.42 bits per heavy atom. The molecule has 0 spiro atoms. The van der Waals surface area contributed by atoms with Gasteiger partial charge in [-0.2, -0.15) is 0 Å². The molecule has 4 nitrogen and oxygen atoms in total. The smallest absolute Gasteiger partial charge is 0.343 e. The molecule has 3 aromatic rings. The highest BCUT2D eigenvalue weighted by Crippen LogP contribution is 2.21. The zero-order valence-electron chi connectivity index (χ0n) is 14.3. The Kier molecular flexibility index (Phi) is 5.44. The van der Waals surface area contributed by atoms with Gasteiger partial charge in [-0.15, -0.1) is 0 Å². The molecule has 26 heavy (non-hydrogen) atoms. The predicted molar refractivity (Wildman–Crippen MR) is 99.2 cm³/mol. The summed E-state index contributed by atoms with van der Waals surface area (Å²) in [5, 5.41) is 0. The Hall–Kier alpha value is -3.40. The molecule has 3 rings (SSSR count). The first-order valence-corrected chi connectivity index (χ1v) is 8.32. The normalized spacial score (nSPS) is 10.2. The lowest BCUT2D eigenvalue weighted by Gasteiger charge is -2.07. The third-order valence-corrected chi connectivity index (χ3v) is 3.78. The zero-order chi connectivity index (χ0) is 18.4. The molecule has 4 heteroatoms. The highest BCUT2D eigenvalue weighted by molar-refractivity contribution is 5.93. The van der Waals surface area contributed by atoms with Crippen LogP contribution in [0.25, 0.3) is 11.1 Å². The van der Waals surface area contributed by atoms with Crippen LogP contribution in [-0.4, -0.2) is 18.5 Å². The molecule has 0 aliphatic heterocycles. The van der Waals surface area contributed by atoms with E-state index in [1.54, 1.807) is 37.3 Å². The van der Waals surface area contributed by atoms with Crippen molar-refractivity contribution >= 4 is 11.9 Å². The van der Waals surface area contributed by atoms with Crippen LogP contribution in [-0.2, 0) is 4.74 Å². The van der Waals surface area contributed by atoms with Crippen molar-refractivity contribution in [1.29, 1.82) is 0 Å². The molecule has 0 N–H and O–H groups in total. The molecule has 0 unspecified atom stereocenters. The maximum atomic E-state index is 12.3. The van der Waals surface area contributed by atoms with Crippen LogP contribution in [0.3, 0.4) is 0 Å². The van der Waals surface area contributed by atoms with E-state index in [1.807, 2.05) is 42.5 Å². The minimum atomic E-state index is -0.481. The molecule has 0 bridgehead atoms. The molecule has 0 heterocycles. The van der Waals surface area contributed by atoms with E-state index >= 15 is 0 Å². The predicted octanol–water partition coefficient (Wildman–Crippen LogP) is 4.75. The van der Waals surface area contributed by atoms with Crippen LogP contribution in [0.5, 0.6) is 5.75 Å². The van der Waals surface area contributed by atoms with Crippen LogP contribution in [0.4, 0.5) is 0 Å². The first-order chi connectivity index (χ1) is 12.7. The van der Waals surface area contributed by atoms with Crippen molar-refractivity contribution in [3.63, 3.8) is 0 Å². The molecule has 0 fully saturated rings. The van der Waals surface area contributed by atoms with E-state index in [0.29, 0.717) is 16.9 Å². The summed E-state index contributed by atoms with van der Waals surface area (Å²) in [7, 11) is 0. The summed E-state index contributed by atoms with van der Waals surface area (Å²) in [4.78, 5) is 24.1. The fourth-order valence-corrected chi connectivity index (χ4v) is 2.50. The quantitative estimate of drug-likeness (QED) is 0.494. The molecule has 0 amide bonds. The van der Waals surface area contributed by atoms with E-state index in [-0.39, 0.29) is 6.61 Å². The van der Waals surface area contributed by atoms with Gasteiger partial charge in [-0.05, 0) is 48.4 Å². The summed E-state index contributed by atoms with van der Waals surface area (Å²) in [5.74, 6) is -0.629. The van der Waals surface area contributed by atoms with E-state index in [9.17, 15) is 9.59 Å². The SMILES string of the molecule is CCOC(=O)c1cccc(OC(=O)c2ccc(-c3ccccc3)cc2)c1. The van der Waals surface area contributed by atoms with E-state index < -0.39 is 11.9 Å². The molecule has 0 aliphatic carbocycles. The topological polar surface area (TPSA) is 52.6 Å². The van der Waals surface area contributed by atoms with Crippen LogP contribution in [0.15, 0.2) is 78.9 Å². The Labute approximate surface area is 152 Å². The number of benzene rings is 3. The lowest BCUT2D eigenvalue weighted by atomic mass is 10.0. The van der Waals surface area contributed by atoms with Gasteiger partial charge >= 0.3 is 11.9 Å². The van der Waals surface area contributed by atoms with Crippen molar-refractivity contribution in [2.24, 2.45) is 0 Å². The minimum absolute atomic E-state index is 0.288. The molecule has 0 atom stereocenters. The summed E-state index contributed by atoms with van der Waals surface area (Å²) in [6, 6.07) is 23.5. The van der Waals surface area contributed by atoms with Crippen LogP contribution in [0, 0.1) is 0 Å². The van der Waals surface area contributed by atoms with E-state index in [1.165, 1.54) is 6.07 Å². The molecular formula is C22H18O4. The van der Waals surface area contributed by atoms with Crippen molar-refractivity contribution in [2.75, 3.05) is 6.61 Å². The van der Waals surface area contributed by atoms with Gasteiger partial charge < -0.3 is 9.47 Å². The summed E-state index contributed by atoms with van der Waals surface area (Å²) in [6.45, 7) is 2.03. The Morgan fingerprint density at radius 1 is 0.731 bits per heavy atom. The third kappa shape index (κ3) is 4.16. The van der Waals surface area contributed by atoms with Crippen molar-refractivity contribution in [3.8, 4) is 16.9 Å². The van der Waals surface area contributed by atoms with Crippen LogP contribution < -0.4 is 4.74 Å². The van der Waals surface area contributed by atoms with E-state index in [2.05, 4.69) is 0 Å². The van der Waals surface area contributed by atoms with Gasteiger partial charge in [0.25, 0.3) is 0 Å². The minimum Gasteiger partial charge on any atom is -0.462 e. The van der Waals surface area contributed by atoms with Crippen molar-refractivity contribution in [3.05, 3.63) is 90.0 Å². The summed E-state index contributed by atoms with van der Waals surface area (Å²) >= 11 is 0. The van der Waals surface area contributed by atoms with Crippen LogP contribution in [0.2, 0.25) is 0 Å². The highest BCUT2D eigenvalue weighted by Gasteiger charge is 2.12. The molecule has 0 aliphatic rings. The van der Waals surface area contributed by atoms with E-state index in [4.69, 9.17) is 9.47 Å². The van der Waals surface area contributed by atoms with Gasteiger partial charge in [0.05, 0.1) is 17.7 Å². The zero-order valence-corrected chi connectivity index (χ0v) is 14.3. The largest absolute Gasteiger partial charge is 0.462 e. The van der Waals surface area contributed by atoms with Gasteiger partial charge in [0, 0.05) is 0 Å². The average molecular weight is 346 g/mol. The lowest BCUT2D eigenvalue weighted by molar-refractivity contribution is 0.0524. The van der Waals surface area contributed by atoms with Crippen LogP contribution >= 0.6 is 0 Å². The van der Waals surface area contributed by atoms with Gasteiger partial charge in [-0.1, -0.05) is 48.5 Å². The lowest BCUT2D eigenvalue weighted by Crippen LogP contribution is -2.09. The van der Waals surface area contributed by atoms with Gasteiger partial charge in [0.1, 0.15) is 5.75 Å². The van der Waals surface area contributed by atoms with Gasteiger partial charge in [-0.3, -0.25) is 0 Å². The number of carbonyl (C=O) groups excluding carboxylic acids is 2. The Morgan fingerprint density at radius 3 is 2.12 bits per heavy atom. The number of hydrogen-bond donors (Lipinski definition) is 0. The number of rotatable bonds is 5. The second kappa shape index (κ2) is 8.12. The number of ether oxygens (including phenoxy) is 2. The molecule has 0 radical (unpaired) electrons. The Bertz CT molecular complexity index is 899. The molecule has 130 valence electrons. The monoisotopic (exact) mass is 346 g/mol. The number of carbonyl (C=O) groups is 2. The maximum Gasteiger partial charge on any atom is 0.343 e. The first kappa shape index (κ1) is 17.4. The summed E-state index contributed by atoms with van der Waals surface area (Å²) in [5.41, 5.74) is 2.88. The molecule has 0 aromatic heterocycles. The molecule has 3 aromatic carbocycles. The van der Waals surface area contributed by atoms with Crippen molar-refractivity contribution < 1.29 is 19.1 Å². The average Bonchev–Trinajstić information content (AvgIpc) is 2.69. The van der Waals surface area contributed by atoms with Gasteiger partial charge in [0.15, 0.2) is 0 Å². The third-order valence-electron chi connectivity index (χ3n) is 3.78. The van der Waals surface area contributed by atoms with Crippen LogP contribution in [0.1, 0.15) is 27.6 Å². The van der Waals surface area contributed by atoms with Crippen molar-refractivity contribution in [2.45, 2.75) is 6.92 Å². The van der Waals surface area contributed by atoms with Crippen molar-refractivity contribution in [1.82, 2.24) is 0 Å².